The first-order chi connectivity index (χ1) is 8.65. The quantitative estimate of drug-likeness (QED) is 0.891. The molecule has 0 bridgehead atoms. The topological polar surface area (TPSA) is 29.3 Å². The van der Waals surface area contributed by atoms with Crippen LogP contribution in [0.2, 0.25) is 0 Å². The third-order valence-corrected chi connectivity index (χ3v) is 3.66. The molecule has 0 aromatic heterocycles. The first-order valence-corrected chi connectivity index (χ1v) is 6.55. The fourth-order valence-corrected chi connectivity index (χ4v) is 2.57. The second-order valence-corrected chi connectivity index (χ2v) is 5.16. The summed E-state index contributed by atoms with van der Waals surface area (Å²) in [7, 11) is 2.14. The van der Waals surface area contributed by atoms with Crippen molar-refractivity contribution in [3.63, 3.8) is 0 Å². The zero-order valence-electron chi connectivity index (χ0n) is 11.4. The van der Waals surface area contributed by atoms with Gasteiger partial charge in [0.1, 0.15) is 0 Å². The van der Waals surface area contributed by atoms with Gasteiger partial charge in [0.15, 0.2) is 0 Å². The summed E-state index contributed by atoms with van der Waals surface area (Å²) in [6.45, 7) is 5.12. The minimum Gasteiger partial charge on any atom is -0.370 e. The average molecular weight is 242 g/mol. The van der Waals surface area contributed by atoms with Crippen LogP contribution in [0.4, 0.5) is 5.69 Å². The van der Waals surface area contributed by atoms with Crippen molar-refractivity contribution in [1.29, 1.82) is 0 Å². The number of fused-ring (bicyclic) bond motifs is 1. The van der Waals surface area contributed by atoms with E-state index in [1.807, 2.05) is 0 Å². The summed E-state index contributed by atoms with van der Waals surface area (Å²) in [6, 6.07) is 15.3. The minimum absolute atomic E-state index is 0.371. The van der Waals surface area contributed by atoms with Crippen molar-refractivity contribution < 1.29 is 0 Å². The fourth-order valence-electron chi connectivity index (χ4n) is 2.57. The van der Waals surface area contributed by atoms with E-state index in [9.17, 15) is 0 Å². The maximum absolute atomic E-state index is 5.91. The highest BCUT2D eigenvalue weighted by Crippen LogP contribution is 2.28. The van der Waals surface area contributed by atoms with Crippen LogP contribution in [0, 0.1) is 5.92 Å². The maximum Gasteiger partial charge on any atom is 0.0446 e. The molecule has 2 heteroatoms. The monoisotopic (exact) mass is 242 g/mol. The molecular weight excluding hydrogens is 220 g/mol. The number of hydrogen-bond donors (Lipinski definition) is 1. The van der Waals surface area contributed by atoms with Gasteiger partial charge in [-0.2, -0.15) is 0 Å². The number of benzene rings is 2. The smallest absolute Gasteiger partial charge is 0.0446 e. The van der Waals surface area contributed by atoms with Gasteiger partial charge in [-0.3, -0.25) is 0 Å². The van der Waals surface area contributed by atoms with Gasteiger partial charge in [0.05, 0.1) is 0 Å². The summed E-state index contributed by atoms with van der Waals surface area (Å²) in [5.74, 6) is 0.541. The van der Waals surface area contributed by atoms with E-state index in [4.69, 9.17) is 5.73 Å². The van der Waals surface area contributed by atoms with Crippen molar-refractivity contribution in [2.24, 2.45) is 11.7 Å². The first-order valence-electron chi connectivity index (χ1n) is 6.55. The molecular formula is C16H22N2. The largest absolute Gasteiger partial charge is 0.370 e. The van der Waals surface area contributed by atoms with Crippen LogP contribution in [0.5, 0.6) is 0 Å². The lowest BCUT2D eigenvalue weighted by molar-refractivity contribution is 0.480. The second kappa shape index (κ2) is 5.40. The third-order valence-electron chi connectivity index (χ3n) is 3.66. The lowest BCUT2D eigenvalue weighted by atomic mass is 10.0. The number of hydrogen-bond acceptors (Lipinski definition) is 2. The van der Waals surface area contributed by atoms with E-state index >= 15 is 0 Å². The molecule has 1 unspecified atom stereocenters. The van der Waals surface area contributed by atoms with Gasteiger partial charge in [0.2, 0.25) is 0 Å². The summed E-state index contributed by atoms with van der Waals surface area (Å²) in [4.78, 5) is 2.31. The molecule has 2 N–H and O–H groups in total. The van der Waals surface area contributed by atoms with E-state index in [-0.39, 0.29) is 0 Å². The van der Waals surface area contributed by atoms with E-state index < -0.39 is 0 Å². The van der Waals surface area contributed by atoms with Crippen LogP contribution in [-0.2, 0) is 0 Å². The van der Waals surface area contributed by atoms with Crippen molar-refractivity contribution in [3.05, 3.63) is 42.5 Å². The summed E-state index contributed by atoms with van der Waals surface area (Å²) >= 11 is 0. The second-order valence-electron chi connectivity index (χ2n) is 5.16. The number of anilines is 1. The number of rotatable bonds is 4. The van der Waals surface area contributed by atoms with Crippen molar-refractivity contribution in [1.82, 2.24) is 0 Å². The van der Waals surface area contributed by atoms with Gasteiger partial charge in [0, 0.05) is 30.7 Å². The standard InChI is InChI=1S/C16H22N2/c1-12(2)16(11-17)18(3)15-10-6-8-13-7-4-5-9-14(13)15/h4-10,12,16H,11,17H2,1-3H3. The lowest BCUT2D eigenvalue weighted by Crippen LogP contribution is -2.41. The Hall–Kier alpha value is -1.54. The van der Waals surface area contributed by atoms with Crippen LogP contribution in [0.25, 0.3) is 10.8 Å². The molecule has 18 heavy (non-hydrogen) atoms. The molecule has 0 spiro atoms. The molecule has 0 radical (unpaired) electrons. The Morgan fingerprint density at radius 3 is 2.39 bits per heavy atom. The number of likely N-dealkylation sites (N-methyl/N-ethyl adjacent to an activating group) is 1. The van der Waals surface area contributed by atoms with Gasteiger partial charge in [-0.1, -0.05) is 50.2 Å². The van der Waals surface area contributed by atoms with Gasteiger partial charge in [-0.15, -0.1) is 0 Å². The van der Waals surface area contributed by atoms with Crippen LogP contribution >= 0.6 is 0 Å². The molecule has 2 aromatic rings. The highest BCUT2D eigenvalue weighted by Gasteiger charge is 2.18. The summed E-state index contributed by atoms with van der Waals surface area (Å²) in [6.07, 6.45) is 0. The Labute approximate surface area is 109 Å². The first kappa shape index (κ1) is 12.9. The summed E-state index contributed by atoms with van der Waals surface area (Å²) < 4.78 is 0. The Balaban J connectivity index is 2.47. The SMILES string of the molecule is CC(C)C(CN)N(C)c1cccc2ccccc12. The third kappa shape index (κ3) is 2.34. The van der Waals surface area contributed by atoms with E-state index in [1.165, 1.54) is 16.5 Å². The molecule has 2 rings (SSSR count). The molecule has 96 valence electrons. The predicted octanol–water partition coefficient (Wildman–Crippen LogP) is 3.26. The van der Waals surface area contributed by atoms with Crippen LogP contribution in [0.15, 0.2) is 42.5 Å². The molecule has 0 saturated heterocycles. The van der Waals surface area contributed by atoms with Gasteiger partial charge in [0.25, 0.3) is 0 Å². The molecule has 0 aliphatic carbocycles. The zero-order valence-corrected chi connectivity index (χ0v) is 11.4. The van der Waals surface area contributed by atoms with Crippen molar-refractivity contribution in [3.8, 4) is 0 Å². The molecule has 0 heterocycles. The van der Waals surface area contributed by atoms with E-state index in [1.54, 1.807) is 0 Å². The Bertz CT molecular complexity index is 514. The molecule has 0 aliphatic rings. The Morgan fingerprint density at radius 2 is 1.72 bits per heavy atom. The van der Waals surface area contributed by atoms with Crippen LogP contribution in [0.3, 0.4) is 0 Å². The lowest BCUT2D eigenvalue weighted by Gasteiger charge is -2.33. The van der Waals surface area contributed by atoms with Gasteiger partial charge < -0.3 is 10.6 Å². The molecule has 0 fully saturated rings. The van der Waals surface area contributed by atoms with Gasteiger partial charge in [-0.05, 0) is 17.4 Å². The van der Waals surface area contributed by atoms with E-state index in [0.29, 0.717) is 18.5 Å². The van der Waals surface area contributed by atoms with Crippen molar-refractivity contribution >= 4 is 16.5 Å². The van der Waals surface area contributed by atoms with Crippen LogP contribution in [0.1, 0.15) is 13.8 Å². The van der Waals surface area contributed by atoms with Crippen LogP contribution < -0.4 is 10.6 Å². The fraction of sp³-hybridized carbons (Fsp3) is 0.375. The molecule has 1 atom stereocenters. The van der Waals surface area contributed by atoms with E-state index in [0.717, 1.165) is 0 Å². The average Bonchev–Trinajstić information content (AvgIpc) is 2.38. The normalized spacial score (nSPS) is 12.9. The predicted molar refractivity (Wildman–Crippen MR) is 80.0 cm³/mol. The highest BCUT2D eigenvalue weighted by molar-refractivity contribution is 5.94. The Kier molecular flexibility index (Phi) is 3.87. The van der Waals surface area contributed by atoms with Crippen LogP contribution in [-0.4, -0.2) is 19.6 Å². The molecule has 0 saturated carbocycles. The summed E-state index contributed by atoms with van der Waals surface area (Å²) in [5, 5.41) is 2.57. The minimum atomic E-state index is 0.371. The van der Waals surface area contributed by atoms with E-state index in [2.05, 4.69) is 68.3 Å². The molecule has 0 amide bonds. The molecule has 2 aromatic carbocycles. The van der Waals surface area contributed by atoms with Gasteiger partial charge in [-0.25, -0.2) is 0 Å². The zero-order chi connectivity index (χ0) is 13.1. The van der Waals surface area contributed by atoms with Gasteiger partial charge >= 0.3 is 0 Å². The highest BCUT2D eigenvalue weighted by atomic mass is 15.1. The Morgan fingerprint density at radius 1 is 1.06 bits per heavy atom. The number of nitrogens with two attached hydrogens (primary N) is 1. The van der Waals surface area contributed by atoms with Crippen molar-refractivity contribution in [2.75, 3.05) is 18.5 Å². The number of nitrogens with zero attached hydrogens (tertiary/aromatic N) is 1. The molecule has 0 aliphatic heterocycles. The maximum atomic E-state index is 5.91. The van der Waals surface area contributed by atoms with Crippen molar-refractivity contribution in [2.45, 2.75) is 19.9 Å². The summed E-state index contributed by atoms with van der Waals surface area (Å²) in [5.41, 5.74) is 7.18. The molecule has 2 nitrogen and oxygen atoms in total.